The number of nitrogens with zero attached hydrogens (tertiary/aromatic N) is 6. The minimum atomic E-state index is -3.33. The number of rotatable bonds is 4. The van der Waals surface area contributed by atoms with E-state index in [1.54, 1.807) is 106 Å². The van der Waals surface area contributed by atoms with Gasteiger partial charge in [-0.05, 0) is 80.3 Å². The van der Waals surface area contributed by atoms with Gasteiger partial charge < -0.3 is 22.7 Å². The van der Waals surface area contributed by atoms with E-state index in [2.05, 4.69) is 10.9 Å². The predicted octanol–water partition coefficient (Wildman–Crippen LogP) is 19.4. The summed E-state index contributed by atoms with van der Waals surface area (Å²) in [6.07, 6.45) is 0. The number of furan rings is 1. The summed E-state index contributed by atoms with van der Waals surface area (Å²) in [6.45, 7) is 3.41. The summed E-state index contributed by atoms with van der Waals surface area (Å²) in [4.78, 5) is 4.44. The first-order chi connectivity index (χ1) is 48.4. The quantitative estimate of drug-likeness (QED) is 0.165. The number of fused-ring (bicyclic) bond motifs is 20. The molecule has 17 rings (SSSR count). The maximum absolute atomic E-state index is 13.1. The fraction of sp³-hybridized carbons (Fsp3) is 0.0286. The lowest BCUT2D eigenvalue weighted by Crippen LogP contribution is -2.14. The van der Waals surface area contributed by atoms with Gasteiger partial charge in [-0.1, -0.05) is 150 Å². The standard InChI is InChI=1S/C70H40N6OS/c1-39-29-35-59-51(36-39)47-30-32-49-45-20-8-14-26-60(45)77-69(49)65(47)76(59)68-64(73-54-22-10-4-16-41(54)42-17-5-11-23-55(42)73)53(38-71)63(62(72-3)67(68)74-56-24-12-6-18-43(56)44-19-7-13-25-57(44)74)75-58-34-28-40(2)37-52(58)48-31-33-50-46-21-9-15-27-61(46)78-70(50)66(48)75/h4-37H,1-2H3/i1D3,2D3,8D,9D,14D,15D,20D,21D,26D,27D,28D,29D,30D,31D,32D,33D,34D,35D,36D,37D. The molecule has 0 saturated carbocycles. The Kier molecular flexibility index (Phi) is 5.18. The van der Waals surface area contributed by atoms with Crippen molar-refractivity contribution in [3.8, 4) is 28.8 Å². The van der Waals surface area contributed by atoms with Crippen molar-refractivity contribution in [2.24, 2.45) is 0 Å². The third-order valence-corrected chi connectivity index (χ3v) is 15.9. The van der Waals surface area contributed by atoms with E-state index in [-0.39, 0.29) is 48.1 Å². The van der Waals surface area contributed by atoms with Gasteiger partial charge in [0.2, 0.25) is 5.69 Å². The number of nitriles is 1. The molecule has 0 fully saturated rings. The highest BCUT2D eigenvalue weighted by atomic mass is 32.1. The largest absolute Gasteiger partial charge is 0.454 e. The first kappa shape index (κ1) is 25.9. The zero-order valence-corrected chi connectivity index (χ0v) is 40.6. The summed E-state index contributed by atoms with van der Waals surface area (Å²) in [5, 5.41) is 11.9. The van der Waals surface area contributed by atoms with Crippen LogP contribution < -0.4 is 0 Å². The van der Waals surface area contributed by atoms with Crippen molar-refractivity contribution in [2.75, 3.05) is 0 Å². The predicted molar refractivity (Wildman–Crippen MR) is 324 cm³/mol. The van der Waals surface area contributed by atoms with Crippen LogP contribution in [0.3, 0.4) is 0 Å². The molecule has 0 aliphatic carbocycles. The van der Waals surface area contributed by atoms with E-state index in [1.165, 1.54) is 4.57 Å². The average Bonchev–Trinajstić information content (AvgIpc) is 1.49. The zero-order valence-electron chi connectivity index (χ0n) is 63.7. The summed E-state index contributed by atoms with van der Waals surface area (Å²) in [5.41, 5.74) is -6.44. The van der Waals surface area contributed by atoms with Crippen LogP contribution in [0.1, 0.15) is 49.6 Å². The maximum Gasteiger partial charge on any atom is 0.237 e. The van der Waals surface area contributed by atoms with Crippen molar-refractivity contribution < 1.29 is 37.3 Å². The number of thiophene rings is 1. The van der Waals surface area contributed by atoms with E-state index < -0.39 is 205 Å². The number of benzene rings is 11. The second-order valence-corrected chi connectivity index (χ2v) is 19.7. The first-order valence-corrected chi connectivity index (χ1v) is 25.0. The molecule has 0 aliphatic heterocycles. The molecular formula is C70H40N6OS. The summed E-state index contributed by atoms with van der Waals surface area (Å²) in [7, 11) is 0. The molecule has 0 unspecified atom stereocenters. The molecule has 0 radical (unpaired) electrons. The Morgan fingerprint density at radius 3 is 1.58 bits per heavy atom. The van der Waals surface area contributed by atoms with Crippen LogP contribution in [0.2, 0.25) is 0 Å². The molecule has 78 heavy (non-hydrogen) atoms. The highest BCUT2D eigenvalue weighted by Crippen LogP contribution is 2.54. The molecule has 0 aliphatic rings. The molecule has 0 amide bonds. The molecule has 11 aromatic carbocycles. The third kappa shape index (κ3) is 5.48. The van der Waals surface area contributed by atoms with Crippen LogP contribution in [0.25, 0.3) is 157 Å². The van der Waals surface area contributed by atoms with Crippen molar-refractivity contribution in [1.29, 1.82) is 5.26 Å². The van der Waals surface area contributed by atoms with Crippen LogP contribution in [0, 0.1) is 31.6 Å². The molecule has 17 aromatic rings. The fourth-order valence-corrected chi connectivity index (χ4v) is 13.0. The van der Waals surface area contributed by atoms with Crippen LogP contribution in [0.4, 0.5) is 5.69 Å². The minimum absolute atomic E-state index is 0.135. The molecular weight excluding hydrogens is 973 g/mol. The Balaban J connectivity index is 1.28. The average molecular weight is 1040 g/mol. The second kappa shape index (κ2) is 15.6. The topological polar surface area (TPSA) is 61.0 Å². The Labute approximate surface area is 482 Å². The van der Waals surface area contributed by atoms with E-state index in [9.17, 15) is 31.0 Å². The number of aromatic nitrogens is 4. The second-order valence-electron chi connectivity index (χ2n) is 18.7. The van der Waals surface area contributed by atoms with Gasteiger partial charge in [-0.25, -0.2) is 4.85 Å². The fourth-order valence-electron chi connectivity index (χ4n) is 11.8. The van der Waals surface area contributed by atoms with Gasteiger partial charge in [-0.2, -0.15) is 5.26 Å². The molecule has 0 spiro atoms. The van der Waals surface area contributed by atoms with Crippen molar-refractivity contribution in [3.05, 3.63) is 234 Å². The van der Waals surface area contributed by atoms with Gasteiger partial charge in [0, 0.05) is 77.6 Å². The molecule has 0 N–H and O–H groups in total. The van der Waals surface area contributed by atoms with E-state index in [0.717, 1.165) is 4.57 Å². The monoisotopic (exact) mass is 1040 g/mol. The SMILES string of the molecule is [2H]c1c([2H])c([2H])c2c(oc3c2c([2H])c([2H])c2c4c([2H])c(C([2H])([2H])[2H])c([2H])c([2H])c4n(-c4c(-n5c6ccccc6c6ccccc65)c(C#N)c(-n5c6c([2H])c([2H])c(C([2H])([2H])[2H])c([2H])c6c6c([2H])c([2H])c7c(sc8c([2H])c([2H])c([2H])c([2H])c87)c65)c([N+]#[C-])c4-n4c5ccccc5c5ccccc54)c32)c1[2H]. The van der Waals surface area contributed by atoms with Crippen molar-refractivity contribution >= 4 is 146 Å². The van der Waals surface area contributed by atoms with Gasteiger partial charge in [0.1, 0.15) is 11.7 Å². The van der Waals surface area contributed by atoms with Gasteiger partial charge in [0.15, 0.2) is 5.58 Å². The van der Waals surface area contributed by atoms with E-state index in [4.69, 9.17) is 18.1 Å². The zero-order chi connectivity index (χ0) is 72.3. The molecule has 0 bridgehead atoms. The Hall–Kier alpha value is -10.4. The van der Waals surface area contributed by atoms with Gasteiger partial charge in [0.25, 0.3) is 0 Å². The normalized spacial score (nSPS) is 16.9. The molecule has 6 heterocycles. The van der Waals surface area contributed by atoms with E-state index >= 15 is 0 Å². The summed E-state index contributed by atoms with van der Waals surface area (Å²) < 4.78 is 238. The smallest absolute Gasteiger partial charge is 0.237 e. The van der Waals surface area contributed by atoms with Crippen LogP contribution in [0.15, 0.2) is 210 Å². The van der Waals surface area contributed by atoms with Crippen LogP contribution >= 0.6 is 11.3 Å². The number of hydrogen-bond donors (Lipinski definition) is 0. The number of hydrogen-bond acceptors (Lipinski definition) is 3. The molecule has 0 atom stereocenters. The third-order valence-electron chi connectivity index (χ3n) is 14.8. The van der Waals surface area contributed by atoms with Crippen LogP contribution in [-0.4, -0.2) is 18.3 Å². The molecule has 0 saturated heterocycles. The Morgan fingerprint density at radius 2 is 0.987 bits per heavy atom. The summed E-state index contributed by atoms with van der Waals surface area (Å²) in [6, 6.07) is 15.8. The lowest BCUT2D eigenvalue weighted by atomic mass is 10.0. The van der Waals surface area contributed by atoms with Gasteiger partial charge in [-0.3, -0.25) is 0 Å². The Morgan fingerprint density at radius 1 is 0.474 bits per heavy atom. The van der Waals surface area contributed by atoms with Gasteiger partial charge in [-0.15, -0.1) is 11.3 Å². The van der Waals surface area contributed by atoms with E-state index in [0.29, 0.717) is 54.9 Å². The van der Waals surface area contributed by atoms with Crippen molar-refractivity contribution in [1.82, 2.24) is 18.3 Å². The molecule has 7 nitrogen and oxygen atoms in total. The lowest BCUT2D eigenvalue weighted by Gasteiger charge is -2.27. The summed E-state index contributed by atoms with van der Waals surface area (Å²) >= 11 is 0.705. The summed E-state index contributed by atoms with van der Waals surface area (Å²) in [5.74, 6) is 0. The number of para-hydroxylation sites is 5. The van der Waals surface area contributed by atoms with Crippen LogP contribution in [-0.2, 0) is 0 Å². The Bertz CT molecular complexity index is 6730. The van der Waals surface area contributed by atoms with E-state index in [1.807, 2.05) is 0 Å². The molecule has 8 heteroatoms. The first-order valence-electron chi connectivity index (χ1n) is 36.2. The highest BCUT2D eigenvalue weighted by molar-refractivity contribution is 7.26. The lowest BCUT2D eigenvalue weighted by molar-refractivity contribution is 0.671. The van der Waals surface area contributed by atoms with Crippen molar-refractivity contribution in [3.63, 3.8) is 0 Å². The van der Waals surface area contributed by atoms with Crippen LogP contribution in [0.5, 0.6) is 0 Å². The van der Waals surface area contributed by atoms with Gasteiger partial charge >= 0.3 is 0 Å². The molecule has 362 valence electrons. The highest BCUT2D eigenvalue weighted by Gasteiger charge is 2.36. The molecule has 6 aromatic heterocycles. The maximum atomic E-state index is 13.1. The van der Waals surface area contributed by atoms with Crippen molar-refractivity contribution in [2.45, 2.75) is 13.7 Å². The minimum Gasteiger partial charge on any atom is -0.454 e. The van der Waals surface area contributed by atoms with Gasteiger partial charge in [0.05, 0.1) is 108 Å².